The number of amides is 1. The van der Waals surface area contributed by atoms with E-state index in [0.717, 1.165) is 64.1 Å². The number of ether oxygens (including phenoxy) is 1. The van der Waals surface area contributed by atoms with Gasteiger partial charge in [-0.15, -0.1) is 24.0 Å². The third-order valence-electron chi connectivity index (χ3n) is 3.52. The average Bonchev–Trinajstić information content (AvgIpc) is 2.56. The maximum atomic E-state index is 11.7. The molecular weight excluding hydrogens is 441 g/mol. The van der Waals surface area contributed by atoms with Crippen molar-refractivity contribution in [2.24, 2.45) is 4.99 Å². The van der Waals surface area contributed by atoms with Gasteiger partial charge in [0, 0.05) is 46.0 Å². The van der Waals surface area contributed by atoms with Crippen molar-refractivity contribution in [3.63, 3.8) is 0 Å². The molecule has 1 fully saturated rings. The molecule has 0 bridgehead atoms. The maximum Gasteiger partial charge on any atom is 0.243 e. The topological polar surface area (TPSA) is 69.2 Å². The number of rotatable bonds is 9. The van der Waals surface area contributed by atoms with E-state index in [1.54, 1.807) is 30.8 Å². The molecule has 2 N–H and O–H groups in total. The molecule has 0 atom stereocenters. The van der Waals surface area contributed by atoms with Gasteiger partial charge in [-0.3, -0.25) is 9.69 Å². The van der Waals surface area contributed by atoms with Crippen LogP contribution >= 0.6 is 35.7 Å². The predicted molar refractivity (Wildman–Crippen MR) is 113 cm³/mol. The van der Waals surface area contributed by atoms with Crippen molar-refractivity contribution in [3.8, 4) is 0 Å². The Bertz CT molecular complexity index is 366. The van der Waals surface area contributed by atoms with E-state index in [-0.39, 0.29) is 36.4 Å². The number of nitrogens with zero attached hydrogens (tertiary/aromatic N) is 3. The molecule has 1 aliphatic rings. The lowest BCUT2D eigenvalue weighted by molar-refractivity contribution is -0.127. The summed E-state index contributed by atoms with van der Waals surface area (Å²) in [6.07, 6.45) is 3.12. The van der Waals surface area contributed by atoms with Gasteiger partial charge >= 0.3 is 0 Å². The molecule has 0 radical (unpaired) electrons. The Morgan fingerprint density at radius 2 is 1.92 bits per heavy atom. The molecule has 1 amide bonds. The van der Waals surface area contributed by atoms with Gasteiger partial charge in [0.2, 0.25) is 5.91 Å². The molecule has 7 nitrogen and oxygen atoms in total. The first-order valence-electron chi connectivity index (χ1n) is 8.15. The number of guanidine groups is 1. The minimum Gasteiger partial charge on any atom is -0.379 e. The highest BCUT2D eigenvalue weighted by molar-refractivity contribution is 14.0. The SMILES string of the molecule is CSCCNC(=NCC(=O)N(C)C)NCCCN1CCOCC1.I. The third kappa shape index (κ3) is 11.3. The Balaban J connectivity index is 0.00000529. The number of carbonyl (C=O) groups is 1. The molecule has 0 aromatic rings. The van der Waals surface area contributed by atoms with Crippen molar-refractivity contribution >= 4 is 47.6 Å². The van der Waals surface area contributed by atoms with Gasteiger partial charge in [0.1, 0.15) is 6.54 Å². The summed E-state index contributed by atoms with van der Waals surface area (Å²) in [5.74, 6) is 1.73. The predicted octanol–water partition coefficient (Wildman–Crippen LogP) is 0.313. The quantitative estimate of drug-likeness (QED) is 0.218. The second kappa shape index (κ2) is 15.0. The fraction of sp³-hybridized carbons (Fsp3) is 0.867. The monoisotopic (exact) mass is 473 g/mol. The third-order valence-corrected chi connectivity index (χ3v) is 4.13. The Kier molecular flexibility index (Phi) is 14.9. The Morgan fingerprint density at radius 3 is 2.54 bits per heavy atom. The van der Waals surface area contributed by atoms with Crippen LogP contribution in [0, 0.1) is 0 Å². The standard InChI is InChI=1S/C15H31N5O2S.HI/c1-19(2)14(21)13-18-15(17-6-12-23-3)16-5-4-7-20-8-10-22-11-9-20;/h4-13H2,1-3H3,(H2,16,17,18);1H. The van der Waals surface area contributed by atoms with Crippen molar-refractivity contribution in [2.45, 2.75) is 6.42 Å². The van der Waals surface area contributed by atoms with Crippen LogP contribution in [0.15, 0.2) is 4.99 Å². The van der Waals surface area contributed by atoms with E-state index >= 15 is 0 Å². The van der Waals surface area contributed by atoms with Gasteiger partial charge in [0.05, 0.1) is 13.2 Å². The van der Waals surface area contributed by atoms with Crippen molar-refractivity contribution < 1.29 is 9.53 Å². The summed E-state index contributed by atoms with van der Waals surface area (Å²) in [5.41, 5.74) is 0. The number of morpholine rings is 1. The summed E-state index contributed by atoms with van der Waals surface area (Å²) in [6.45, 7) is 6.63. The zero-order valence-corrected chi connectivity index (χ0v) is 18.2. The Morgan fingerprint density at radius 1 is 1.25 bits per heavy atom. The molecule has 9 heteroatoms. The van der Waals surface area contributed by atoms with E-state index in [1.165, 1.54) is 0 Å². The first-order chi connectivity index (χ1) is 11.1. The molecule has 1 saturated heterocycles. The van der Waals surface area contributed by atoms with Crippen molar-refractivity contribution in [3.05, 3.63) is 0 Å². The smallest absolute Gasteiger partial charge is 0.243 e. The summed E-state index contributed by atoms with van der Waals surface area (Å²) in [6, 6.07) is 0. The van der Waals surface area contributed by atoms with Gasteiger partial charge in [0.15, 0.2) is 5.96 Å². The molecule has 24 heavy (non-hydrogen) atoms. The number of thioether (sulfide) groups is 1. The summed E-state index contributed by atoms with van der Waals surface area (Å²) >= 11 is 1.78. The van der Waals surface area contributed by atoms with Crippen LogP contribution in [0.2, 0.25) is 0 Å². The van der Waals surface area contributed by atoms with Crippen LogP contribution in [0.25, 0.3) is 0 Å². The number of hydrogen-bond acceptors (Lipinski definition) is 5. The summed E-state index contributed by atoms with van der Waals surface area (Å²) < 4.78 is 5.35. The molecule has 1 rings (SSSR count). The fourth-order valence-corrected chi connectivity index (χ4v) is 2.37. The molecule has 0 aliphatic carbocycles. The molecular formula is C15H32IN5O2S. The van der Waals surface area contributed by atoms with Crippen LogP contribution in [-0.4, -0.2) is 100 Å². The molecule has 0 aromatic carbocycles. The van der Waals surface area contributed by atoms with Crippen LogP contribution in [0.4, 0.5) is 0 Å². The van der Waals surface area contributed by atoms with E-state index in [2.05, 4.69) is 26.8 Å². The zero-order chi connectivity index (χ0) is 16.9. The van der Waals surface area contributed by atoms with Crippen molar-refractivity contribution in [1.29, 1.82) is 0 Å². The normalized spacial score (nSPS) is 15.5. The molecule has 0 aromatic heterocycles. The van der Waals surface area contributed by atoms with E-state index in [0.29, 0.717) is 0 Å². The van der Waals surface area contributed by atoms with Crippen LogP contribution in [-0.2, 0) is 9.53 Å². The minimum absolute atomic E-state index is 0. The highest BCUT2D eigenvalue weighted by Gasteiger charge is 2.09. The average molecular weight is 473 g/mol. The number of halogens is 1. The van der Waals surface area contributed by atoms with Gasteiger partial charge in [-0.05, 0) is 19.2 Å². The molecule has 1 heterocycles. The van der Waals surface area contributed by atoms with Gasteiger partial charge in [0.25, 0.3) is 0 Å². The number of aliphatic imine (C=N–C) groups is 1. The molecule has 0 unspecified atom stereocenters. The Labute approximate surface area is 167 Å². The molecule has 0 spiro atoms. The number of hydrogen-bond donors (Lipinski definition) is 2. The summed E-state index contributed by atoms with van der Waals surface area (Å²) in [7, 11) is 3.49. The number of nitrogens with one attached hydrogen (secondary N) is 2. The first-order valence-corrected chi connectivity index (χ1v) is 9.54. The number of likely N-dealkylation sites (N-methyl/N-ethyl adjacent to an activating group) is 1. The van der Waals surface area contributed by atoms with E-state index in [4.69, 9.17) is 4.74 Å². The van der Waals surface area contributed by atoms with Crippen molar-refractivity contribution in [1.82, 2.24) is 20.4 Å². The van der Waals surface area contributed by atoms with Gasteiger partial charge in [-0.1, -0.05) is 0 Å². The van der Waals surface area contributed by atoms with Crippen LogP contribution in [0.1, 0.15) is 6.42 Å². The van der Waals surface area contributed by atoms with Crippen LogP contribution in [0.3, 0.4) is 0 Å². The highest BCUT2D eigenvalue weighted by Crippen LogP contribution is 1.97. The number of carbonyl (C=O) groups excluding carboxylic acids is 1. The fourth-order valence-electron chi connectivity index (χ4n) is 2.07. The minimum atomic E-state index is 0. The lowest BCUT2D eigenvalue weighted by Gasteiger charge is -2.26. The zero-order valence-electron chi connectivity index (χ0n) is 15.0. The lowest BCUT2D eigenvalue weighted by atomic mass is 10.3. The van der Waals surface area contributed by atoms with Crippen molar-refractivity contribution in [2.75, 3.05) is 78.6 Å². The van der Waals surface area contributed by atoms with Crippen LogP contribution < -0.4 is 10.6 Å². The van der Waals surface area contributed by atoms with E-state index in [9.17, 15) is 4.79 Å². The molecule has 142 valence electrons. The van der Waals surface area contributed by atoms with Gasteiger partial charge in [-0.2, -0.15) is 11.8 Å². The lowest BCUT2D eigenvalue weighted by Crippen LogP contribution is -2.42. The van der Waals surface area contributed by atoms with E-state index in [1.807, 2.05) is 0 Å². The van der Waals surface area contributed by atoms with E-state index < -0.39 is 0 Å². The molecule has 0 saturated carbocycles. The largest absolute Gasteiger partial charge is 0.379 e. The second-order valence-electron chi connectivity index (χ2n) is 5.61. The summed E-state index contributed by atoms with van der Waals surface area (Å²) in [5, 5.41) is 6.58. The van der Waals surface area contributed by atoms with Gasteiger partial charge in [-0.25, -0.2) is 4.99 Å². The molecule has 1 aliphatic heterocycles. The second-order valence-corrected chi connectivity index (χ2v) is 6.59. The summed E-state index contributed by atoms with van der Waals surface area (Å²) in [4.78, 5) is 20.0. The van der Waals surface area contributed by atoms with Gasteiger partial charge < -0.3 is 20.3 Å². The first kappa shape index (κ1) is 23.7. The maximum absolute atomic E-state index is 11.7. The Hall–Kier alpha value is -0.260. The highest BCUT2D eigenvalue weighted by atomic mass is 127. The van der Waals surface area contributed by atoms with Crippen LogP contribution in [0.5, 0.6) is 0 Å².